The number of hydrogen-bond acceptors (Lipinski definition) is 4. The van der Waals surface area contributed by atoms with E-state index < -0.39 is 0 Å². The van der Waals surface area contributed by atoms with Crippen molar-refractivity contribution >= 4 is 5.97 Å². The van der Waals surface area contributed by atoms with Crippen LogP contribution in [-0.2, 0) is 14.3 Å². The van der Waals surface area contributed by atoms with Gasteiger partial charge < -0.3 is 14.8 Å². The summed E-state index contributed by atoms with van der Waals surface area (Å²) in [6.07, 6.45) is 0.855. The maximum absolute atomic E-state index is 11.2. The Labute approximate surface area is 86.0 Å². The van der Waals surface area contributed by atoms with E-state index in [9.17, 15) is 4.79 Å². The second-order valence-corrected chi connectivity index (χ2v) is 3.34. The Morgan fingerprint density at radius 3 is 2.50 bits per heavy atom. The zero-order chi connectivity index (χ0) is 11.0. The molecule has 0 saturated carbocycles. The van der Waals surface area contributed by atoms with E-state index in [0.717, 1.165) is 6.54 Å². The molecule has 0 aromatic carbocycles. The minimum atomic E-state index is -0.247. The van der Waals surface area contributed by atoms with Crippen molar-refractivity contribution in [3.8, 4) is 0 Å². The highest BCUT2D eigenvalue weighted by Gasteiger charge is 2.17. The lowest BCUT2D eigenvalue weighted by Gasteiger charge is -2.16. The van der Waals surface area contributed by atoms with Gasteiger partial charge in [0, 0.05) is 6.61 Å². The Hall–Kier alpha value is -0.610. The van der Waals surface area contributed by atoms with Gasteiger partial charge in [-0.1, -0.05) is 6.92 Å². The van der Waals surface area contributed by atoms with E-state index in [-0.39, 0.29) is 18.1 Å². The predicted octanol–water partition coefficient (Wildman–Crippen LogP) is 0.953. The zero-order valence-corrected chi connectivity index (χ0v) is 9.50. The Morgan fingerprint density at radius 1 is 1.43 bits per heavy atom. The molecule has 0 heterocycles. The number of ether oxygens (including phenoxy) is 2. The van der Waals surface area contributed by atoms with Crippen molar-refractivity contribution in [1.29, 1.82) is 0 Å². The molecule has 0 saturated heterocycles. The van der Waals surface area contributed by atoms with E-state index in [1.807, 2.05) is 20.8 Å². The molecular formula is C10H21NO3. The summed E-state index contributed by atoms with van der Waals surface area (Å²) in [5.74, 6) is -0.223. The number of nitrogens with one attached hydrogen (secondary N) is 1. The molecule has 0 aromatic rings. The van der Waals surface area contributed by atoms with Gasteiger partial charge in [-0.15, -0.1) is 0 Å². The number of rotatable bonds is 7. The van der Waals surface area contributed by atoms with Gasteiger partial charge >= 0.3 is 5.97 Å². The Bertz CT molecular complexity index is 159. The van der Waals surface area contributed by atoms with E-state index in [4.69, 9.17) is 4.74 Å². The minimum Gasteiger partial charge on any atom is -0.468 e. The lowest BCUT2D eigenvalue weighted by Crippen LogP contribution is -2.38. The number of carbonyl (C=O) groups excluding carboxylic acids is 1. The molecule has 0 bridgehead atoms. The number of esters is 1. The van der Waals surface area contributed by atoms with Crippen molar-refractivity contribution in [3.05, 3.63) is 0 Å². The van der Waals surface area contributed by atoms with Gasteiger partial charge in [0.1, 0.15) is 6.04 Å². The van der Waals surface area contributed by atoms with Crippen LogP contribution >= 0.6 is 0 Å². The Morgan fingerprint density at radius 2 is 2.07 bits per heavy atom. The summed E-state index contributed by atoms with van der Waals surface area (Å²) >= 11 is 0. The smallest absolute Gasteiger partial charge is 0.322 e. The maximum atomic E-state index is 11.2. The van der Waals surface area contributed by atoms with Crippen molar-refractivity contribution in [2.75, 3.05) is 20.3 Å². The third-order valence-corrected chi connectivity index (χ3v) is 1.79. The van der Waals surface area contributed by atoms with E-state index in [2.05, 4.69) is 10.1 Å². The molecule has 1 unspecified atom stereocenters. The van der Waals surface area contributed by atoms with Crippen LogP contribution < -0.4 is 5.32 Å². The van der Waals surface area contributed by atoms with Crippen LogP contribution in [0.2, 0.25) is 0 Å². The molecule has 0 aliphatic rings. The lowest BCUT2D eigenvalue weighted by atomic mass is 10.2. The van der Waals surface area contributed by atoms with Crippen LogP contribution in [0.4, 0.5) is 0 Å². The normalized spacial score (nSPS) is 12.9. The molecule has 0 aliphatic carbocycles. The minimum absolute atomic E-state index is 0.204. The van der Waals surface area contributed by atoms with Gasteiger partial charge in [-0.05, 0) is 26.8 Å². The average Bonchev–Trinajstić information content (AvgIpc) is 2.15. The third-order valence-electron chi connectivity index (χ3n) is 1.79. The van der Waals surface area contributed by atoms with Gasteiger partial charge in [0.05, 0.1) is 13.2 Å². The van der Waals surface area contributed by atoms with E-state index in [1.165, 1.54) is 7.11 Å². The van der Waals surface area contributed by atoms with Gasteiger partial charge in [0.25, 0.3) is 0 Å². The van der Waals surface area contributed by atoms with Crippen LogP contribution in [0.3, 0.4) is 0 Å². The molecule has 0 fully saturated rings. The Kier molecular flexibility index (Phi) is 7.42. The van der Waals surface area contributed by atoms with Crippen LogP contribution in [0.1, 0.15) is 27.2 Å². The largest absolute Gasteiger partial charge is 0.468 e. The lowest BCUT2D eigenvalue weighted by molar-refractivity contribution is -0.143. The molecule has 14 heavy (non-hydrogen) atoms. The van der Waals surface area contributed by atoms with Crippen LogP contribution in [0.25, 0.3) is 0 Å². The second-order valence-electron chi connectivity index (χ2n) is 3.34. The zero-order valence-electron chi connectivity index (χ0n) is 9.50. The molecule has 84 valence electrons. The first-order valence-corrected chi connectivity index (χ1v) is 5.04. The molecule has 4 heteroatoms. The van der Waals surface area contributed by atoms with Gasteiger partial charge in [-0.25, -0.2) is 0 Å². The van der Waals surface area contributed by atoms with Crippen LogP contribution in [-0.4, -0.2) is 38.4 Å². The quantitative estimate of drug-likeness (QED) is 0.626. The van der Waals surface area contributed by atoms with Crippen molar-refractivity contribution in [2.45, 2.75) is 39.3 Å². The SMILES string of the molecule is CCNC(CCOC(C)C)C(=O)OC. The van der Waals surface area contributed by atoms with Gasteiger partial charge in [-0.2, -0.15) is 0 Å². The monoisotopic (exact) mass is 203 g/mol. The summed E-state index contributed by atoms with van der Waals surface area (Å²) < 4.78 is 10.0. The highest BCUT2D eigenvalue weighted by molar-refractivity contribution is 5.75. The predicted molar refractivity (Wildman–Crippen MR) is 55.2 cm³/mol. The van der Waals surface area contributed by atoms with Crippen LogP contribution in [0, 0.1) is 0 Å². The molecule has 1 atom stereocenters. The van der Waals surface area contributed by atoms with Crippen molar-refractivity contribution in [3.63, 3.8) is 0 Å². The fourth-order valence-corrected chi connectivity index (χ4v) is 1.11. The Balaban J connectivity index is 3.78. The van der Waals surface area contributed by atoms with E-state index in [1.54, 1.807) is 0 Å². The third kappa shape index (κ3) is 5.94. The summed E-state index contributed by atoms with van der Waals surface area (Å²) in [4.78, 5) is 11.2. The second kappa shape index (κ2) is 7.76. The van der Waals surface area contributed by atoms with Crippen molar-refractivity contribution < 1.29 is 14.3 Å². The molecule has 0 rings (SSSR count). The molecule has 4 nitrogen and oxygen atoms in total. The van der Waals surface area contributed by atoms with E-state index >= 15 is 0 Å². The van der Waals surface area contributed by atoms with Crippen molar-refractivity contribution in [2.24, 2.45) is 0 Å². The molecule has 0 amide bonds. The first-order chi connectivity index (χ1) is 6.61. The molecule has 0 spiro atoms. The summed E-state index contributed by atoms with van der Waals surface area (Å²) in [5, 5.41) is 3.05. The number of likely N-dealkylation sites (N-methyl/N-ethyl adjacent to an activating group) is 1. The standard InChI is InChI=1S/C10H21NO3/c1-5-11-9(10(12)13-4)6-7-14-8(2)3/h8-9,11H,5-7H2,1-4H3. The molecular weight excluding hydrogens is 182 g/mol. The summed E-state index contributed by atoms with van der Waals surface area (Å²) in [7, 11) is 1.40. The molecule has 0 aliphatic heterocycles. The molecule has 1 N–H and O–H groups in total. The van der Waals surface area contributed by atoms with Crippen LogP contribution in [0.5, 0.6) is 0 Å². The van der Waals surface area contributed by atoms with Crippen molar-refractivity contribution in [1.82, 2.24) is 5.32 Å². The number of carbonyl (C=O) groups is 1. The van der Waals surface area contributed by atoms with Gasteiger partial charge in [0.15, 0.2) is 0 Å². The van der Waals surface area contributed by atoms with E-state index in [0.29, 0.717) is 13.0 Å². The number of methoxy groups -OCH3 is 1. The summed E-state index contributed by atoms with van der Waals surface area (Å²) in [6, 6.07) is -0.247. The fourth-order valence-electron chi connectivity index (χ4n) is 1.11. The van der Waals surface area contributed by atoms with Gasteiger partial charge in [-0.3, -0.25) is 4.79 Å². The maximum Gasteiger partial charge on any atom is 0.322 e. The number of hydrogen-bond donors (Lipinski definition) is 1. The fraction of sp³-hybridized carbons (Fsp3) is 0.900. The molecule has 0 radical (unpaired) electrons. The summed E-state index contributed by atoms with van der Waals surface area (Å²) in [6.45, 7) is 7.23. The first kappa shape index (κ1) is 13.4. The topological polar surface area (TPSA) is 47.6 Å². The average molecular weight is 203 g/mol. The summed E-state index contributed by atoms with van der Waals surface area (Å²) in [5.41, 5.74) is 0. The van der Waals surface area contributed by atoms with Crippen LogP contribution in [0.15, 0.2) is 0 Å². The highest BCUT2D eigenvalue weighted by atomic mass is 16.5. The van der Waals surface area contributed by atoms with Gasteiger partial charge in [0.2, 0.25) is 0 Å². The molecule has 0 aromatic heterocycles. The first-order valence-electron chi connectivity index (χ1n) is 5.04. The highest BCUT2D eigenvalue weighted by Crippen LogP contribution is 1.98.